The van der Waals surface area contributed by atoms with Crippen LogP contribution in [0.15, 0.2) is 12.4 Å². The summed E-state index contributed by atoms with van der Waals surface area (Å²) in [6, 6.07) is 2.08. The van der Waals surface area contributed by atoms with Crippen LogP contribution in [0.2, 0.25) is 0 Å². The molecule has 0 aromatic carbocycles. The Balaban J connectivity index is 0.00000162. The summed E-state index contributed by atoms with van der Waals surface area (Å²) in [6.07, 6.45) is 1.93. The number of rotatable bonds is 3. The molecule has 0 spiro atoms. The van der Waals surface area contributed by atoms with Gasteiger partial charge in [-0.1, -0.05) is 0 Å². The number of β-amino-alcohol motifs (C(OH)–C–C–N with tert-alkyl or cyclic N) is 1. The fourth-order valence-electron chi connectivity index (χ4n) is 2.13. The van der Waals surface area contributed by atoms with E-state index in [1.807, 2.05) is 25.1 Å². The molecular formula is C11H21Cl2N5O. The number of anilines is 2. The van der Waals surface area contributed by atoms with Crippen LogP contribution in [0.25, 0.3) is 0 Å². The quantitative estimate of drug-likeness (QED) is 0.835. The highest BCUT2D eigenvalue weighted by Gasteiger charge is 2.30. The van der Waals surface area contributed by atoms with E-state index in [9.17, 15) is 5.11 Å². The number of nitrogens with two attached hydrogens (primary N) is 1. The Kier molecular flexibility index (Phi) is 7.36. The van der Waals surface area contributed by atoms with Gasteiger partial charge in [-0.2, -0.15) is 0 Å². The van der Waals surface area contributed by atoms with Crippen molar-refractivity contribution in [1.29, 1.82) is 0 Å². The first kappa shape index (κ1) is 18.2. The Labute approximate surface area is 125 Å². The lowest BCUT2D eigenvalue weighted by molar-refractivity contribution is 0.194. The second-order valence-electron chi connectivity index (χ2n) is 4.56. The largest absolute Gasteiger partial charge is 0.391 e. The molecule has 0 saturated carbocycles. The first-order chi connectivity index (χ1) is 8.11. The van der Waals surface area contributed by atoms with Crippen LogP contribution in [-0.2, 0) is 0 Å². The van der Waals surface area contributed by atoms with E-state index in [1.165, 1.54) is 0 Å². The van der Waals surface area contributed by atoms with Gasteiger partial charge in [-0.15, -0.1) is 24.8 Å². The minimum absolute atomic E-state index is 0. The molecule has 0 bridgehead atoms. The van der Waals surface area contributed by atoms with Crippen molar-refractivity contribution in [3.8, 4) is 0 Å². The lowest BCUT2D eigenvalue weighted by Gasteiger charge is -2.24. The highest BCUT2D eigenvalue weighted by atomic mass is 35.5. The van der Waals surface area contributed by atoms with Gasteiger partial charge in [0.1, 0.15) is 18.0 Å². The number of aliphatic hydroxyl groups is 1. The first-order valence-electron chi connectivity index (χ1n) is 5.76. The maximum atomic E-state index is 9.69. The minimum atomic E-state index is -0.318. The van der Waals surface area contributed by atoms with Gasteiger partial charge in [0.15, 0.2) is 0 Å². The molecular weight excluding hydrogens is 289 g/mol. The third kappa shape index (κ3) is 4.07. The summed E-state index contributed by atoms with van der Waals surface area (Å²) < 4.78 is 0. The maximum Gasteiger partial charge on any atom is 0.134 e. The highest BCUT2D eigenvalue weighted by Crippen LogP contribution is 2.25. The van der Waals surface area contributed by atoms with Crippen LogP contribution in [-0.4, -0.2) is 54.4 Å². The molecule has 1 saturated heterocycles. The zero-order chi connectivity index (χ0) is 12.4. The monoisotopic (exact) mass is 309 g/mol. The zero-order valence-electron chi connectivity index (χ0n) is 11.1. The van der Waals surface area contributed by atoms with Crippen LogP contribution >= 0.6 is 24.8 Å². The molecule has 3 N–H and O–H groups in total. The van der Waals surface area contributed by atoms with E-state index >= 15 is 0 Å². The molecule has 2 heterocycles. The van der Waals surface area contributed by atoms with Crippen LogP contribution in [0.4, 0.5) is 11.6 Å². The van der Waals surface area contributed by atoms with Crippen molar-refractivity contribution in [2.24, 2.45) is 5.73 Å². The molecule has 0 unspecified atom stereocenters. The molecule has 1 fully saturated rings. The minimum Gasteiger partial charge on any atom is -0.391 e. The Bertz CT molecular complexity index is 393. The smallest absolute Gasteiger partial charge is 0.134 e. The first-order valence-corrected chi connectivity index (χ1v) is 5.76. The molecule has 2 rings (SSSR count). The van der Waals surface area contributed by atoms with Gasteiger partial charge in [0.2, 0.25) is 0 Å². The number of nitrogens with zero attached hydrogens (tertiary/aromatic N) is 4. The average molecular weight is 310 g/mol. The Hall–Kier alpha value is -0.820. The molecule has 19 heavy (non-hydrogen) atoms. The van der Waals surface area contributed by atoms with Gasteiger partial charge in [-0.25, -0.2) is 9.97 Å². The summed E-state index contributed by atoms with van der Waals surface area (Å²) in [5, 5.41) is 9.69. The average Bonchev–Trinajstić information content (AvgIpc) is 2.70. The van der Waals surface area contributed by atoms with Crippen molar-refractivity contribution < 1.29 is 5.11 Å². The van der Waals surface area contributed by atoms with Crippen molar-refractivity contribution in [2.45, 2.75) is 18.6 Å². The predicted octanol–water partition coefficient (Wildman–Crippen LogP) is 0.284. The van der Waals surface area contributed by atoms with E-state index in [-0.39, 0.29) is 37.0 Å². The lowest BCUT2D eigenvalue weighted by Crippen LogP contribution is -2.36. The van der Waals surface area contributed by atoms with E-state index < -0.39 is 0 Å². The standard InChI is InChI=1S/C11H19N5O.2ClH/c1-15(2)10-4-11(14-7-13-10)16-6-9(17)3-8(16)5-12;;/h4,7-9,17H,3,5-6,12H2,1-2H3;2*1H/t8-,9-;;/m1../s1. The van der Waals surface area contributed by atoms with Crippen LogP contribution < -0.4 is 15.5 Å². The number of hydrogen-bond donors (Lipinski definition) is 2. The number of aliphatic hydroxyl groups excluding tert-OH is 1. The summed E-state index contributed by atoms with van der Waals surface area (Å²) in [5.74, 6) is 1.68. The number of halogens is 2. The molecule has 0 aliphatic carbocycles. The third-order valence-electron chi connectivity index (χ3n) is 3.06. The molecule has 1 aliphatic heterocycles. The predicted molar refractivity (Wildman–Crippen MR) is 81.7 cm³/mol. The van der Waals surface area contributed by atoms with Crippen molar-refractivity contribution >= 4 is 36.4 Å². The number of hydrogen-bond acceptors (Lipinski definition) is 6. The highest BCUT2D eigenvalue weighted by molar-refractivity contribution is 5.85. The second-order valence-corrected chi connectivity index (χ2v) is 4.56. The van der Waals surface area contributed by atoms with Gasteiger partial charge in [0.05, 0.1) is 6.10 Å². The van der Waals surface area contributed by atoms with Crippen LogP contribution in [0.1, 0.15) is 6.42 Å². The SMILES string of the molecule is CN(C)c1cc(N2C[C@H](O)C[C@@H]2CN)ncn1.Cl.Cl. The Morgan fingerprint density at radius 3 is 2.68 bits per heavy atom. The third-order valence-corrected chi connectivity index (χ3v) is 3.06. The summed E-state index contributed by atoms with van der Waals surface area (Å²) in [7, 11) is 3.87. The molecule has 0 radical (unpaired) electrons. The maximum absolute atomic E-state index is 9.69. The topological polar surface area (TPSA) is 78.5 Å². The number of aromatic nitrogens is 2. The molecule has 1 aromatic heterocycles. The summed E-state index contributed by atoms with van der Waals surface area (Å²) in [4.78, 5) is 12.4. The molecule has 1 aromatic rings. The normalized spacial score (nSPS) is 21.6. The molecule has 110 valence electrons. The van der Waals surface area contributed by atoms with Crippen molar-refractivity contribution in [3.05, 3.63) is 12.4 Å². The van der Waals surface area contributed by atoms with Crippen molar-refractivity contribution in [2.75, 3.05) is 37.0 Å². The van der Waals surface area contributed by atoms with E-state index in [1.54, 1.807) is 6.33 Å². The molecule has 2 atom stereocenters. The van der Waals surface area contributed by atoms with Gasteiger partial charge >= 0.3 is 0 Å². The van der Waals surface area contributed by atoms with E-state index in [0.29, 0.717) is 19.5 Å². The van der Waals surface area contributed by atoms with Gasteiger partial charge in [-0.3, -0.25) is 0 Å². The fourth-order valence-corrected chi connectivity index (χ4v) is 2.13. The zero-order valence-corrected chi connectivity index (χ0v) is 12.7. The molecule has 8 heteroatoms. The fraction of sp³-hybridized carbons (Fsp3) is 0.636. The van der Waals surface area contributed by atoms with Crippen molar-refractivity contribution in [1.82, 2.24) is 9.97 Å². The van der Waals surface area contributed by atoms with Crippen molar-refractivity contribution in [3.63, 3.8) is 0 Å². The van der Waals surface area contributed by atoms with Gasteiger partial charge in [0, 0.05) is 39.3 Å². The molecule has 6 nitrogen and oxygen atoms in total. The second kappa shape index (κ2) is 7.69. The van der Waals surface area contributed by atoms with E-state index in [4.69, 9.17) is 5.73 Å². The van der Waals surface area contributed by atoms with E-state index in [0.717, 1.165) is 11.6 Å². The van der Waals surface area contributed by atoms with Gasteiger partial charge in [0.25, 0.3) is 0 Å². The van der Waals surface area contributed by atoms with Gasteiger partial charge in [-0.05, 0) is 6.42 Å². The molecule has 1 aliphatic rings. The summed E-state index contributed by atoms with van der Waals surface area (Å²) in [5.41, 5.74) is 5.72. The molecule has 0 amide bonds. The summed E-state index contributed by atoms with van der Waals surface area (Å²) in [6.45, 7) is 1.12. The summed E-state index contributed by atoms with van der Waals surface area (Å²) >= 11 is 0. The van der Waals surface area contributed by atoms with Crippen LogP contribution in [0, 0.1) is 0 Å². The lowest BCUT2D eigenvalue weighted by atomic mass is 10.2. The van der Waals surface area contributed by atoms with Gasteiger partial charge < -0.3 is 20.6 Å². The van der Waals surface area contributed by atoms with E-state index in [2.05, 4.69) is 14.9 Å². The van der Waals surface area contributed by atoms with Crippen LogP contribution in [0.3, 0.4) is 0 Å². The Morgan fingerprint density at radius 1 is 1.42 bits per heavy atom. The Morgan fingerprint density at radius 2 is 2.11 bits per heavy atom. The van der Waals surface area contributed by atoms with Crippen LogP contribution in [0.5, 0.6) is 0 Å².